The Kier molecular flexibility index (Phi) is 7.25. The Labute approximate surface area is 172 Å². The molecule has 1 fully saturated rings. The molecule has 0 saturated carbocycles. The monoisotopic (exact) mass is 395 g/mol. The Hall–Kier alpha value is -2.86. The van der Waals surface area contributed by atoms with E-state index in [-0.39, 0.29) is 24.5 Å². The molecule has 0 atom stereocenters. The standard InChI is InChI=1S/C23H29N3O3/c1-17-8-9-21(14-18(17)2)29-16-23(28)25-20-10-12-26(13-11-20)15-22(27)24-19-6-4-3-5-7-19/h3-9,14,20H,10-13,15-16H2,1-2H3,(H,24,27)(H,25,28). The number of likely N-dealkylation sites (tertiary alicyclic amines) is 1. The van der Waals surface area contributed by atoms with Gasteiger partial charge in [0.25, 0.3) is 5.91 Å². The fraction of sp³-hybridized carbons (Fsp3) is 0.391. The normalized spacial score (nSPS) is 15.0. The lowest BCUT2D eigenvalue weighted by Crippen LogP contribution is -2.47. The van der Waals surface area contributed by atoms with Gasteiger partial charge < -0.3 is 15.4 Å². The lowest BCUT2D eigenvalue weighted by Gasteiger charge is -2.31. The van der Waals surface area contributed by atoms with Crippen molar-refractivity contribution < 1.29 is 14.3 Å². The van der Waals surface area contributed by atoms with Crippen molar-refractivity contribution in [1.82, 2.24) is 10.2 Å². The predicted octanol–water partition coefficient (Wildman–Crippen LogP) is 2.90. The van der Waals surface area contributed by atoms with Crippen molar-refractivity contribution in [3.8, 4) is 5.75 Å². The van der Waals surface area contributed by atoms with E-state index in [2.05, 4.69) is 15.5 Å². The third kappa shape index (κ3) is 6.61. The number of carbonyl (C=O) groups excluding carboxylic acids is 2. The molecular weight excluding hydrogens is 366 g/mol. The minimum atomic E-state index is -0.108. The fourth-order valence-electron chi connectivity index (χ4n) is 3.38. The molecular formula is C23H29N3O3. The number of rotatable bonds is 7. The van der Waals surface area contributed by atoms with E-state index in [9.17, 15) is 9.59 Å². The summed E-state index contributed by atoms with van der Waals surface area (Å²) in [5.74, 6) is 0.589. The highest BCUT2D eigenvalue weighted by Crippen LogP contribution is 2.16. The molecule has 154 valence electrons. The number of hydrogen-bond donors (Lipinski definition) is 2. The van der Waals surface area contributed by atoms with Crippen LogP contribution in [0.15, 0.2) is 48.5 Å². The zero-order valence-electron chi connectivity index (χ0n) is 17.1. The van der Waals surface area contributed by atoms with Gasteiger partial charge in [-0.3, -0.25) is 14.5 Å². The van der Waals surface area contributed by atoms with Gasteiger partial charge in [-0.1, -0.05) is 24.3 Å². The molecule has 2 aromatic rings. The van der Waals surface area contributed by atoms with Crippen LogP contribution in [0.4, 0.5) is 5.69 Å². The summed E-state index contributed by atoms with van der Waals surface area (Å²) in [6.45, 7) is 6.02. The first-order chi connectivity index (χ1) is 14.0. The van der Waals surface area contributed by atoms with E-state index in [1.54, 1.807) is 0 Å². The Bertz CT molecular complexity index is 831. The van der Waals surface area contributed by atoms with E-state index in [0.29, 0.717) is 12.3 Å². The SMILES string of the molecule is Cc1ccc(OCC(=O)NC2CCN(CC(=O)Nc3ccccc3)CC2)cc1C. The second-order valence-corrected chi connectivity index (χ2v) is 7.57. The average Bonchev–Trinajstić information content (AvgIpc) is 2.71. The van der Waals surface area contributed by atoms with Crippen LogP contribution in [0.2, 0.25) is 0 Å². The number of anilines is 1. The maximum absolute atomic E-state index is 12.2. The third-order valence-electron chi connectivity index (χ3n) is 5.23. The first-order valence-corrected chi connectivity index (χ1v) is 10.1. The minimum absolute atomic E-state index is 0.0134. The van der Waals surface area contributed by atoms with E-state index in [4.69, 9.17) is 4.74 Å². The molecule has 6 nitrogen and oxygen atoms in total. The molecule has 0 unspecified atom stereocenters. The Morgan fingerprint density at radius 2 is 1.72 bits per heavy atom. The van der Waals surface area contributed by atoms with Crippen molar-refractivity contribution in [2.24, 2.45) is 0 Å². The number of ether oxygens (including phenoxy) is 1. The summed E-state index contributed by atoms with van der Waals surface area (Å²) in [5.41, 5.74) is 3.15. The zero-order valence-corrected chi connectivity index (χ0v) is 17.1. The number of piperidine rings is 1. The predicted molar refractivity (Wildman–Crippen MR) is 114 cm³/mol. The van der Waals surface area contributed by atoms with Gasteiger partial charge >= 0.3 is 0 Å². The number of nitrogens with zero attached hydrogens (tertiary/aromatic N) is 1. The molecule has 6 heteroatoms. The first kappa shape index (κ1) is 20.9. The molecule has 0 spiro atoms. The molecule has 1 heterocycles. The quantitative estimate of drug-likeness (QED) is 0.756. The summed E-state index contributed by atoms with van der Waals surface area (Å²) < 4.78 is 5.60. The van der Waals surface area contributed by atoms with Crippen molar-refractivity contribution in [2.45, 2.75) is 32.7 Å². The number of aryl methyl sites for hydroxylation is 2. The van der Waals surface area contributed by atoms with Crippen LogP contribution in [0.25, 0.3) is 0 Å². The van der Waals surface area contributed by atoms with Gasteiger partial charge in [-0.15, -0.1) is 0 Å². The fourth-order valence-corrected chi connectivity index (χ4v) is 3.38. The van der Waals surface area contributed by atoms with Crippen LogP contribution in [0.1, 0.15) is 24.0 Å². The van der Waals surface area contributed by atoms with Gasteiger partial charge in [-0.05, 0) is 62.1 Å². The van der Waals surface area contributed by atoms with Gasteiger partial charge in [0.1, 0.15) is 5.75 Å². The largest absolute Gasteiger partial charge is 0.484 e. The number of para-hydroxylation sites is 1. The van der Waals surface area contributed by atoms with Gasteiger partial charge in [-0.25, -0.2) is 0 Å². The number of benzene rings is 2. The van der Waals surface area contributed by atoms with Crippen LogP contribution in [-0.2, 0) is 9.59 Å². The molecule has 0 radical (unpaired) electrons. The lowest BCUT2D eigenvalue weighted by atomic mass is 10.1. The second kappa shape index (κ2) is 10.1. The van der Waals surface area contributed by atoms with Crippen LogP contribution in [0.3, 0.4) is 0 Å². The van der Waals surface area contributed by atoms with Gasteiger partial charge in [0, 0.05) is 24.8 Å². The molecule has 1 aliphatic heterocycles. The molecule has 0 aromatic heterocycles. The number of carbonyl (C=O) groups is 2. The molecule has 2 aromatic carbocycles. The second-order valence-electron chi connectivity index (χ2n) is 7.57. The molecule has 3 rings (SSSR count). The highest BCUT2D eigenvalue weighted by Gasteiger charge is 2.22. The van der Waals surface area contributed by atoms with Crippen LogP contribution in [0.5, 0.6) is 5.75 Å². The Morgan fingerprint density at radius 3 is 2.41 bits per heavy atom. The highest BCUT2D eigenvalue weighted by atomic mass is 16.5. The topological polar surface area (TPSA) is 70.7 Å². The van der Waals surface area contributed by atoms with E-state index < -0.39 is 0 Å². The molecule has 1 aliphatic rings. The molecule has 29 heavy (non-hydrogen) atoms. The van der Waals surface area contributed by atoms with Gasteiger partial charge in [0.05, 0.1) is 6.54 Å². The average molecular weight is 396 g/mol. The summed E-state index contributed by atoms with van der Waals surface area (Å²) in [4.78, 5) is 26.5. The smallest absolute Gasteiger partial charge is 0.258 e. The van der Waals surface area contributed by atoms with Gasteiger partial charge in [0.15, 0.2) is 6.61 Å². The van der Waals surface area contributed by atoms with Crippen LogP contribution >= 0.6 is 0 Å². The number of amides is 2. The van der Waals surface area contributed by atoms with Crippen molar-refractivity contribution in [1.29, 1.82) is 0 Å². The molecule has 0 bridgehead atoms. The van der Waals surface area contributed by atoms with Crippen molar-refractivity contribution in [3.63, 3.8) is 0 Å². The summed E-state index contributed by atoms with van der Waals surface area (Å²) in [6.07, 6.45) is 1.65. The first-order valence-electron chi connectivity index (χ1n) is 10.1. The van der Waals surface area contributed by atoms with Crippen molar-refractivity contribution in [2.75, 3.05) is 31.6 Å². The maximum atomic E-state index is 12.2. The summed E-state index contributed by atoms with van der Waals surface area (Å²) in [7, 11) is 0. The summed E-state index contributed by atoms with van der Waals surface area (Å²) in [5, 5.41) is 5.94. The van der Waals surface area contributed by atoms with E-state index in [0.717, 1.165) is 37.2 Å². The van der Waals surface area contributed by atoms with Crippen molar-refractivity contribution >= 4 is 17.5 Å². The van der Waals surface area contributed by atoms with E-state index in [1.807, 2.05) is 62.4 Å². The molecule has 2 amide bonds. The van der Waals surface area contributed by atoms with Crippen LogP contribution in [0, 0.1) is 13.8 Å². The van der Waals surface area contributed by atoms with Crippen LogP contribution in [-0.4, -0.2) is 49.0 Å². The lowest BCUT2D eigenvalue weighted by molar-refractivity contribution is -0.124. The zero-order chi connectivity index (χ0) is 20.6. The summed E-state index contributed by atoms with van der Waals surface area (Å²) in [6, 6.07) is 15.4. The van der Waals surface area contributed by atoms with Crippen molar-refractivity contribution in [3.05, 3.63) is 59.7 Å². The maximum Gasteiger partial charge on any atom is 0.258 e. The molecule has 2 N–H and O–H groups in total. The molecule has 0 aliphatic carbocycles. The van der Waals surface area contributed by atoms with Crippen LogP contribution < -0.4 is 15.4 Å². The Morgan fingerprint density at radius 1 is 1.00 bits per heavy atom. The summed E-state index contributed by atoms with van der Waals surface area (Å²) >= 11 is 0. The highest BCUT2D eigenvalue weighted by molar-refractivity contribution is 5.92. The van der Waals surface area contributed by atoms with Gasteiger partial charge in [-0.2, -0.15) is 0 Å². The third-order valence-corrected chi connectivity index (χ3v) is 5.23. The van der Waals surface area contributed by atoms with E-state index >= 15 is 0 Å². The Balaban J connectivity index is 1.35. The minimum Gasteiger partial charge on any atom is -0.484 e. The molecule has 1 saturated heterocycles. The van der Waals surface area contributed by atoms with E-state index in [1.165, 1.54) is 5.56 Å². The number of nitrogens with one attached hydrogen (secondary N) is 2. The van der Waals surface area contributed by atoms with Gasteiger partial charge in [0.2, 0.25) is 5.91 Å². The number of hydrogen-bond acceptors (Lipinski definition) is 4.